The second-order valence-electron chi connectivity index (χ2n) is 4.44. The molecule has 2 aromatic carbocycles. The summed E-state index contributed by atoms with van der Waals surface area (Å²) in [5.41, 5.74) is -0.147. The Morgan fingerprint density at radius 3 is 2.57 bits per heavy atom. The number of aromatic hydroxyl groups is 2. The highest BCUT2D eigenvalue weighted by Gasteiger charge is 2.31. The number of carbonyl (C=O) groups is 1. The van der Waals surface area contributed by atoms with Gasteiger partial charge in [0, 0.05) is 23.8 Å². The van der Waals surface area contributed by atoms with Gasteiger partial charge in [-0.05, 0) is 18.2 Å². The van der Waals surface area contributed by atoms with Gasteiger partial charge in [0.1, 0.15) is 34.4 Å². The Morgan fingerprint density at radius 2 is 1.86 bits per heavy atom. The van der Waals surface area contributed by atoms with Crippen molar-refractivity contribution in [2.75, 3.05) is 0 Å². The topological polar surface area (TPSA) is 66.8 Å². The van der Waals surface area contributed by atoms with Crippen molar-refractivity contribution in [3.8, 4) is 17.2 Å². The fourth-order valence-corrected chi connectivity index (χ4v) is 2.03. The van der Waals surface area contributed by atoms with Crippen molar-refractivity contribution in [3.05, 3.63) is 58.9 Å². The van der Waals surface area contributed by atoms with E-state index in [1.54, 1.807) is 0 Å². The number of benzene rings is 2. The summed E-state index contributed by atoms with van der Waals surface area (Å²) in [5.74, 6) is -3.47. The third-order valence-corrected chi connectivity index (χ3v) is 2.99. The second kappa shape index (κ2) is 4.59. The van der Waals surface area contributed by atoms with Gasteiger partial charge in [-0.2, -0.15) is 0 Å². The van der Waals surface area contributed by atoms with Crippen LogP contribution in [0.4, 0.5) is 8.78 Å². The van der Waals surface area contributed by atoms with Gasteiger partial charge in [0.05, 0.1) is 0 Å². The summed E-state index contributed by atoms with van der Waals surface area (Å²) in [6.45, 7) is 0. The van der Waals surface area contributed by atoms with Gasteiger partial charge in [-0.25, -0.2) is 8.78 Å². The first-order valence-corrected chi connectivity index (χ1v) is 5.91. The SMILES string of the molecule is O=C1/C(=C/c2ccc(O)cc2O)Oc2cc(F)cc(F)c21. The van der Waals surface area contributed by atoms with Crippen molar-refractivity contribution >= 4 is 11.9 Å². The molecule has 0 saturated carbocycles. The van der Waals surface area contributed by atoms with E-state index >= 15 is 0 Å². The Kier molecular flexibility index (Phi) is 2.86. The molecule has 0 amide bonds. The maximum atomic E-state index is 13.6. The van der Waals surface area contributed by atoms with E-state index in [2.05, 4.69) is 0 Å². The molecule has 0 spiro atoms. The van der Waals surface area contributed by atoms with Crippen molar-refractivity contribution in [2.24, 2.45) is 0 Å². The molecule has 106 valence electrons. The number of ketones is 1. The molecule has 0 saturated heterocycles. The molecule has 0 aromatic heterocycles. The Labute approximate surface area is 117 Å². The first kappa shape index (κ1) is 13.1. The Hall–Kier alpha value is -2.89. The molecule has 6 heteroatoms. The van der Waals surface area contributed by atoms with Crippen LogP contribution in [0.3, 0.4) is 0 Å². The lowest BCUT2D eigenvalue weighted by atomic mass is 10.1. The van der Waals surface area contributed by atoms with E-state index in [-0.39, 0.29) is 34.1 Å². The third kappa shape index (κ3) is 2.20. The van der Waals surface area contributed by atoms with Gasteiger partial charge in [0.25, 0.3) is 0 Å². The van der Waals surface area contributed by atoms with Crippen molar-refractivity contribution in [3.63, 3.8) is 0 Å². The Bertz CT molecular complexity index is 797. The van der Waals surface area contributed by atoms with Crippen LogP contribution in [-0.4, -0.2) is 16.0 Å². The van der Waals surface area contributed by atoms with Crippen LogP contribution in [0.25, 0.3) is 6.08 Å². The second-order valence-corrected chi connectivity index (χ2v) is 4.44. The van der Waals surface area contributed by atoms with Crippen molar-refractivity contribution in [1.82, 2.24) is 0 Å². The molecule has 0 unspecified atom stereocenters. The quantitative estimate of drug-likeness (QED) is 0.792. The van der Waals surface area contributed by atoms with Gasteiger partial charge >= 0.3 is 0 Å². The zero-order valence-corrected chi connectivity index (χ0v) is 10.4. The molecule has 0 aliphatic carbocycles. The summed E-state index contributed by atoms with van der Waals surface area (Å²) in [7, 11) is 0. The minimum atomic E-state index is -1.01. The van der Waals surface area contributed by atoms with E-state index in [1.807, 2.05) is 0 Å². The van der Waals surface area contributed by atoms with Gasteiger partial charge in [-0.1, -0.05) is 0 Å². The smallest absolute Gasteiger partial charge is 0.234 e. The highest BCUT2D eigenvalue weighted by molar-refractivity contribution is 6.14. The maximum absolute atomic E-state index is 13.6. The fourth-order valence-electron chi connectivity index (χ4n) is 2.03. The van der Waals surface area contributed by atoms with E-state index < -0.39 is 17.4 Å². The molecular weight excluding hydrogens is 282 g/mol. The Balaban J connectivity index is 2.05. The molecule has 2 aromatic rings. The molecule has 0 atom stereocenters. The summed E-state index contributed by atoms with van der Waals surface area (Å²) in [4.78, 5) is 12.0. The summed E-state index contributed by atoms with van der Waals surface area (Å²) >= 11 is 0. The van der Waals surface area contributed by atoms with Crippen LogP contribution in [-0.2, 0) is 0 Å². The molecule has 0 radical (unpaired) electrons. The molecule has 0 bridgehead atoms. The largest absolute Gasteiger partial charge is 0.508 e. The normalized spacial score (nSPS) is 15.1. The van der Waals surface area contributed by atoms with E-state index in [0.717, 1.165) is 12.1 Å². The number of carbonyl (C=O) groups excluding carboxylic acids is 1. The lowest BCUT2D eigenvalue weighted by Crippen LogP contribution is -2.00. The van der Waals surface area contributed by atoms with Crippen LogP contribution in [0.5, 0.6) is 17.2 Å². The van der Waals surface area contributed by atoms with Gasteiger partial charge in [-0.15, -0.1) is 0 Å². The average molecular weight is 290 g/mol. The first-order valence-electron chi connectivity index (χ1n) is 5.91. The van der Waals surface area contributed by atoms with Crippen molar-refractivity contribution < 1.29 is 28.5 Å². The molecule has 2 N–H and O–H groups in total. The molecule has 4 nitrogen and oxygen atoms in total. The van der Waals surface area contributed by atoms with E-state index in [4.69, 9.17) is 4.74 Å². The predicted octanol–water partition coefficient (Wildman–Crippen LogP) is 2.99. The van der Waals surface area contributed by atoms with Gasteiger partial charge in [0.2, 0.25) is 5.78 Å². The van der Waals surface area contributed by atoms with Crippen LogP contribution < -0.4 is 4.74 Å². The minimum Gasteiger partial charge on any atom is -0.508 e. The number of allylic oxidation sites excluding steroid dienone is 1. The molecule has 1 aliphatic heterocycles. The van der Waals surface area contributed by atoms with Crippen LogP contribution in [0.15, 0.2) is 36.1 Å². The number of phenols is 2. The van der Waals surface area contributed by atoms with E-state index in [0.29, 0.717) is 6.07 Å². The number of ether oxygens (including phenoxy) is 1. The van der Waals surface area contributed by atoms with Gasteiger partial charge in [0.15, 0.2) is 5.76 Å². The molecular formula is C15H8F2O4. The van der Waals surface area contributed by atoms with Crippen LogP contribution in [0.1, 0.15) is 15.9 Å². The molecule has 1 heterocycles. The summed E-state index contributed by atoms with van der Waals surface area (Å²) in [6.07, 6.45) is 1.19. The minimum absolute atomic E-state index is 0.148. The van der Waals surface area contributed by atoms with Crippen molar-refractivity contribution in [2.45, 2.75) is 0 Å². The zero-order chi connectivity index (χ0) is 15.1. The zero-order valence-electron chi connectivity index (χ0n) is 10.4. The molecule has 21 heavy (non-hydrogen) atoms. The lowest BCUT2D eigenvalue weighted by Gasteiger charge is -2.01. The molecule has 3 rings (SSSR count). The fraction of sp³-hybridized carbons (Fsp3) is 0. The number of halogens is 2. The number of fused-ring (bicyclic) bond motifs is 1. The van der Waals surface area contributed by atoms with E-state index in [1.165, 1.54) is 18.2 Å². The number of Topliss-reactive ketones (excluding diaryl/α,β-unsaturated/α-hetero) is 1. The highest BCUT2D eigenvalue weighted by Crippen LogP contribution is 2.35. The van der Waals surface area contributed by atoms with Crippen LogP contribution in [0.2, 0.25) is 0 Å². The summed E-state index contributed by atoms with van der Waals surface area (Å²) < 4.78 is 31.8. The average Bonchev–Trinajstić information content (AvgIpc) is 2.69. The number of hydrogen-bond donors (Lipinski definition) is 2. The number of phenolic OH excluding ortho intramolecular Hbond substituents is 2. The van der Waals surface area contributed by atoms with Crippen LogP contribution >= 0.6 is 0 Å². The molecule has 0 fully saturated rings. The summed E-state index contributed by atoms with van der Waals surface area (Å²) in [6, 6.07) is 5.25. The first-order chi connectivity index (χ1) is 9.95. The third-order valence-electron chi connectivity index (χ3n) is 2.99. The maximum Gasteiger partial charge on any atom is 0.234 e. The lowest BCUT2D eigenvalue weighted by molar-refractivity contribution is 0.101. The highest BCUT2D eigenvalue weighted by atomic mass is 19.1. The predicted molar refractivity (Wildman–Crippen MR) is 69.1 cm³/mol. The standard InChI is InChI=1S/C15H8F2O4/c16-8-4-10(17)14-12(5-8)21-13(15(14)20)3-7-1-2-9(18)6-11(7)19/h1-6,18-19H/b13-3-. The monoisotopic (exact) mass is 290 g/mol. The number of rotatable bonds is 1. The molecule has 1 aliphatic rings. The van der Waals surface area contributed by atoms with Crippen LogP contribution in [0, 0.1) is 11.6 Å². The van der Waals surface area contributed by atoms with Gasteiger partial charge < -0.3 is 14.9 Å². The van der Waals surface area contributed by atoms with Crippen molar-refractivity contribution in [1.29, 1.82) is 0 Å². The Morgan fingerprint density at radius 1 is 1.10 bits per heavy atom. The number of hydrogen-bond acceptors (Lipinski definition) is 4. The van der Waals surface area contributed by atoms with Gasteiger partial charge in [-0.3, -0.25) is 4.79 Å². The van der Waals surface area contributed by atoms with E-state index in [9.17, 15) is 23.8 Å². The summed E-state index contributed by atoms with van der Waals surface area (Å²) in [5, 5.41) is 18.8.